The zero-order chi connectivity index (χ0) is 62.9. The number of hydrogen-bond donors (Lipinski definition) is 14. The van der Waals surface area contributed by atoms with Gasteiger partial charge in [0.1, 0.15) is 60.2 Å². The van der Waals surface area contributed by atoms with E-state index in [1.807, 2.05) is 24.3 Å². The van der Waals surface area contributed by atoms with Crippen LogP contribution in [0, 0.1) is 5.92 Å². The van der Waals surface area contributed by atoms with E-state index >= 15 is 0 Å². The lowest BCUT2D eigenvalue weighted by atomic mass is 9.83. The molecule has 1 aliphatic carbocycles. The number of amides is 11. The Morgan fingerprint density at radius 3 is 1.91 bits per heavy atom. The molecule has 86 heavy (non-hydrogen) atoms. The Balaban J connectivity index is 1.45. The fourth-order valence-corrected chi connectivity index (χ4v) is 12.8. The lowest BCUT2D eigenvalue weighted by Crippen LogP contribution is -2.61. The van der Waals surface area contributed by atoms with Crippen LogP contribution < -0.4 is 70.0 Å². The Morgan fingerprint density at radius 1 is 0.686 bits per heavy atom. The molecule has 3 fully saturated rings. The molecule has 1 saturated carbocycles. The number of Topliss-reactive ketones (excluding diaryl/α,β-unsaturated/α-hetero) is 1. The molecule has 2 bridgehead atoms. The highest BCUT2D eigenvalue weighted by Crippen LogP contribution is 2.30. The summed E-state index contributed by atoms with van der Waals surface area (Å²) in [5.74, 6) is -7.45. The van der Waals surface area contributed by atoms with Gasteiger partial charge in [-0.2, -0.15) is 23.5 Å². The van der Waals surface area contributed by atoms with Gasteiger partial charge in [-0.05, 0) is 114 Å². The summed E-state index contributed by atoms with van der Waals surface area (Å²) in [6.45, 7) is 6.33. The summed E-state index contributed by atoms with van der Waals surface area (Å²) in [6.07, 6.45) is 2.99. The maximum absolute atomic E-state index is 14.9. The fourth-order valence-electron chi connectivity index (χ4n) is 10.8. The number of carbonyl (C=O) groups excluding carboxylic acids is 12. The zero-order valence-electron chi connectivity index (χ0n) is 49.8. The minimum Gasteiger partial charge on any atom is -0.393 e. The van der Waals surface area contributed by atoms with Crippen molar-refractivity contribution in [2.45, 2.75) is 196 Å². The number of nitrogens with zero attached hydrogens (tertiary/aromatic N) is 1. The summed E-state index contributed by atoms with van der Waals surface area (Å²) >= 11 is 2.70. The van der Waals surface area contributed by atoms with Crippen LogP contribution >= 0.6 is 23.5 Å². The maximum atomic E-state index is 14.9. The molecule has 0 radical (unpaired) electrons. The van der Waals surface area contributed by atoms with Gasteiger partial charge in [0.25, 0.3) is 0 Å². The van der Waals surface area contributed by atoms with Gasteiger partial charge in [-0.1, -0.05) is 38.1 Å². The molecule has 29 heteroatoms. The number of hydrogen-bond acceptors (Lipinski definition) is 18. The van der Waals surface area contributed by atoms with Gasteiger partial charge in [0.15, 0.2) is 0 Å². The third kappa shape index (κ3) is 23.0. The van der Waals surface area contributed by atoms with Gasteiger partial charge in [-0.3, -0.25) is 57.5 Å². The highest BCUT2D eigenvalue weighted by Gasteiger charge is 2.42. The highest BCUT2D eigenvalue weighted by molar-refractivity contribution is 7.98. The molecule has 5 rings (SSSR count). The third-order valence-electron chi connectivity index (χ3n) is 15.6. The number of benzene rings is 1. The number of nitrogens with two attached hydrogens (primary N) is 2. The molecular weight excluding hydrogens is 1150 g/mol. The predicted molar refractivity (Wildman–Crippen MR) is 323 cm³/mol. The van der Waals surface area contributed by atoms with Crippen molar-refractivity contribution >= 4 is 94.3 Å². The molecule has 3 aliphatic heterocycles. The largest absolute Gasteiger partial charge is 0.393 e. The number of primary amides is 1. The molecule has 0 spiro atoms. The molecule has 1 aromatic rings. The lowest BCUT2D eigenvalue weighted by Gasteiger charge is -2.34. The quantitative estimate of drug-likeness (QED) is 0.0852. The zero-order valence-corrected chi connectivity index (χ0v) is 51.4. The SMILES string of the molecule is CC[C@@H]1NC(=O)CNC(=O)[C@H](CCCCN)NC(=O)[C@@H](NC(C)=O)CSCc2cccc(c2)CSC[C@@H](C(N)=O)NC(=O)[C@@H]2CCCN2C(=O)[C@H](CC2CCC(O)CC2)NC(=O)[C@H](CC2CNCN2)NC(=O)[C@H](CC(C)=O)NC(=O)[C@H](CC)NC1=O. The minimum atomic E-state index is -1.55. The highest BCUT2D eigenvalue weighted by atomic mass is 32.2. The second-order valence-electron chi connectivity index (χ2n) is 22.6. The van der Waals surface area contributed by atoms with E-state index in [9.17, 15) is 62.6 Å². The van der Waals surface area contributed by atoms with Crippen LogP contribution in [-0.4, -0.2) is 192 Å². The number of aliphatic hydroxyl groups excluding tert-OH is 1. The summed E-state index contributed by atoms with van der Waals surface area (Å²) < 4.78 is 0. The van der Waals surface area contributed by atoms with Crippen molar-refractivity contribution in [1.82, 2.24) is 63.4 Å². The van der Waals surface area contributed by atoms with E-state index in [4.69, 9.17) is 11.5 Å². The second-order valence-corrected chi connectivity index (χ2v) is 24.6. The third-order valence-corrected chi connectivity index (χ3v) is 17.8. The van der Waals surface area contributed by atoms with Crippen LogP contribution in [0.5, 0.6) is 0 Å². The van der Waals surface area contributed by atoms with Gasteiger partial charge in [0.2, 0.25) is 65.0 Å². The summed E-state index contributed by atoms with van der Waals surface area (Å²) in [4.78, 5) is 166. The molecule has 10 atom stereocenters. The van der Waals surface area contributed by atoms with E-state index in [1.165, 1.54) is 42.3 Å². The van der Waals surface area contributed by atoms with Gasteiger partial charge >= 0.3 is 0 Å². The van der Waals surface area contributed by atoms with Gasteiger partial charge in [0.05, 0.1) is 12.6 Å². The topological polar surface area (TPSA) is 413 Å². The number of nitrogens with one attached hydrogen (secondary N) is 11. The van der Waals surface area contributed by atoms with E-state index in [0.29, 0.717) is 76.2 Å². The van der Waals surface area contributed by atoms with Crippen LogP contribution in [0.4, 0.5) is 0 Å². The van der Waals surface area contributed by atoms with Crippen LogP contribution in [0.25, 0.3) is 0 Å². The molecule has 478 valence electrons. The van der Waals surface area contributed by atoms with Crippen LogP contribution in [-0.2, 0) is 69.0 Å². The number of thioether (sulfide) groups is 2. The molecule has 16 N–H and O–H groups in total. The molecule has 3 heterocycles. The Morgan fingerprint density at radius 2 is 1.29 bits per heavy atom. The standard InChI is InChI=1S/C57H90N14O13S2/c1-5-39-51(78)65-40(6-2)52(79)67-42(21-32(3)72)53(80)68-43(24-37-25-60-31-62-37)54(81)69-44(23-34-15-17-38(74)18-16-34)57(84)71-20-10-14-47(71)56(83)70-45(49(59)76)29-85-27-35-11-9-12-36(22-35)28-86-30-46(63-33(4)73)55(82)66-41(13-7-8-19-58)50(77)61-26-48(75)64-39/h9,11-12,22,34,37-47,60,62,74H,5-8,10,13-21,23-31,58H2,1-4H3,(H2,59,76)(H,61,77)(H,63,73)(H,64,75)(H,65,78)(H,66,82)(H,67,79)(H,68,80)(H,69,81)(H,70,83)/t34?,37?,38?,39-,40-,41-,42-,43-,44-,45-,46-,47-/m0/s1. The monoisotopic (exact) mass is 1240 g/mol. The number of aliphatic hydroxyl groups is 1. The van der Waals surface area contributed by atoms with Crippen molar-refractivity contribution in [3.8, 4) is 0 Å². The van der Waals surface area contributed by atoms with Crippen molar-refractivity contribution in [1.29, 1.82) is 0 Å². The number of fused-ring (bicyclic) bond motifs is 3. The van der Waals surface area contributed by atoms with Crippen LogP contribution in [0.1, 0.15) is 129 Å². The maximum Gasteiger partial charge on any atom is 0.245 e. The summed E-state index contributed by atoms with van der Waals surface area (Å²) in [5.41, 5.74) is 13.3. The molecule has 1 aromatic carbocycles. The average Bonchev–Trinajstić information content (AvgIpc) is 4.38. The van der Waals surface area contributed by atoms with Crippen molar-refractivity contribution < 1.29 is 62.6 Å². The minimum absolute atomic E-state index is 0.00134. The summed E-state index contributed by atoms with van der Waals surface area (Å²) in [5, 5.41) is 40.7. The molecular formula is C57H90N14O13S2. The van der Waals surface area contributed by atoms with Gasteiger partial charge < -0.3 is 80.0 Å². The molecule has 11 amide bonds. The average molecular weight is 1240 g/mol. The van der Waals surface area contributed by atoms with Crippen molar-refractivity contribution in [2.24, 2.45) is 17.4 Å². The van der Waals surface area contributed by atoms with Crippen molar-refractivity contribution in [2.75, 3.05) is 44.4 Å². The summed E-state index contributed by atoms with van der Waals surface area (Å²) in [6, 6.07) is -3.74. The van der Waals surface area contributed by atoms with Crippen molar-refractivity contribution in [3.05, 3.63) is 35.4 Å². The molecule has 4 aliphatic rings. The summed E-state index contributed by atoms with van der Waals surface area (Å²) in [7, 11) is 0. The number of ketones is 1. The molecule has 1 unspecified atom stereocenters. The van der Waals surface area contributed by atoms with E-state index in [1.54, 1.807) is 13.8 Å². The number of unbranched alkanes of at least 4 members (excludes halogenated alkanes) is 1. The van der Waals surface area contributed by atoms with Gasteiger partial charge in [-0.15, -0.1) is 0 Å². The smallest absolute Gasteiger partial charge is 0.245 e. The van der Waals surface area contributed by atoms with E-state index < -0.39 is 144 Å². The first-order chi connectivity index (χ1) is 41.1. The lowest BCUT2D eigenvalue weighted by molar-refractivity contribution is -0.143. The fraction of sp³-hybridized carbons (Fsp3) is 0.684. The van der Waals surface area contributed by atoms with Gasteiger partial charge in [-0.25, -0.2) is 0 Å². The normalized spacial score (nSPS) is 29.0. The van der Waals surface area contributed by atoms with Crippen LogP contribution in [0.15, 0.2) is 24.3 Å². The Kier molecular flexibility index (Phi) is 29.5. The first-order valence-corrected chi connectivity index (χ1v) is 32.2. The Bertz CT molecular complexity index is 2540. The van der Waals surface area contributed by atoms with E-state index in [0.717, 1.165) is 11.1 Å². The molecule has 0 aromatic heterocycles. The predicted octanol–water partition coefficient (Wildman–Crippen LogP) is -2.56. The first kappa shape index (κ1) is 70.4. The molecule has 27 nitrogen and oxygen atoms in total. The van der Waals surface area contributed by atoms with E-state index in [-0.39, 0.29) is 68.5 Å². The first-order valence-electron chi connectivity index (χ1n) is 29.9. The van der Waals surface area contributed by atoms with E-state index in [2.05, 4.69) is 58.5 Å². The number of carbonyl (C=O) groups is 12. The van der Waals surface area contributed by atoms with Gasteiger partial charge in [0, 0.05) is 62.2 Å². The van der Waals surface area contributed by atoms with Crippen LogP contribution in [0.3, 0.4) is 0 Å². The Labute approximate surface area is 510 Å². The van der Waals surface area contributed by atoms with Crippen molar-refractivity contribution in [3.63, 3.8) is 0 Å². The second kappa shape index (κ2) is 36.0. The number of rotatable bonds is 14. The molecule has 2 saturated heterocycles. The van der Waals surface area contributed by atoms with Crippen LogP contribution in [0.2, 0.25) is 0 Å². The Hall–Kier alpha value is -6.40.